The average molecular weight is 327 g/mol. The molecule has 1 aromatic rings. The molecule has 1 aliphatic heterocycles. The molecular weight excluding hydrogens is 303 g/mol. The molecule has 3 rings (SSSR count). The van der Waals surface area contributed by atoms with Gasteiger partial charge in [0.2, 0.25) is 5.91 Å². The number of rotatable bonds is 5. The van der Waals surface area contributed by atoms with Crippen LogP contribution in [0.3, 0.4) is 0 Å². The van der Waals surface area contributed by atoms with Gasteiger partial charge in [-0.15, -0.1) is 12.4 Å². The molecule has 5 heteroatoms. The van der Waals surface area contributed by atoms with E-state index in [-0.39, 0.29) is 30.2 Å². The lowest BCUT2D eigenvalue weighted by molar-refractivity contribution is -0.121. The quantitative estimate of drug-likeness (QED) is 0.873. The third-order valence-electron chi connectivity index (χ3n) is 4.65. The van der Waals surface area contributed by atoms with Crippen LogP contribution in [0.2, 0.25) is 0 Å². The van der Waals surface area contributed by atoms with Gasteiger partial charge in [-0.25, -0.2) is 4.39 Å². The summed E-state index contributed by atoms with van der Waals surface area (Å²) in [7, 11) is 0. The maximum Gasteiger partial charge on any atom is 0.220 e. The Hall–Kier alpha value is -1.13. The van der Waals surface area contributed by atoms with Crippen LogP contribution in [0.5, 0.6) is 0 Å². The first kappa shape index (κ1) is 17.2. The molecule has 22 heavy (non-hydrogen) atoms. The minimum absolute atomic E-state index is 0. The van der Waals surface area contributed by atoms with Crippen molar-refractivity contribution in [1.29, 1.82) is 0 Å². The second-order valence-electron chi connectivity index (χ2n) is 6.30. The van der Waals surface area contributed by atoms with Crippen LogP contribution in [0.25, 0.3) is 0 Å². The van der Waals surface area contributed by atoms with E-state index in [2.05, 4.69) is 10.6 Å². The van der Waals surface area contributed by atoms with Crippen molar-refractivity contribution in [1.82, 2.24) is 10.6 Å². The van der Waals surface area contributed by atoms with Crippen molar-refractivity contribution in [3.05, 3.63) is 35.6 Å². The van der Waals surface area contributed by atoms with Crippen molar-refractivity contribution >= 4 is 18.3 Å². The molecule has 0 radical (unpaired) electrons. The van der Waals surface area contributed by atoms with Gasteiger partial charge in [-0.3, -0.25) is 4.79 Å². The minimum Gasteiger partial charge on any atom is -0.353 e. The van der Waals surface area contributed by atoms with E-state index in [0.717, 1.165) is 31.5 Å². The molecule has 2 N–H and O–H groups in total. The number of amides is 1. The summed E-state index contributed by atoms with van der Waals surface area (Å²) in [6, 6.07) is 6.91. The highest BCUT2D eigenvalue weighted by Gasteiger charge is 2.39. The Balaban J connectivity index is 0.00000176. The molecule has 0 spiro atoms. The lowest BCUT2D eigenvalue weighted by atomic mass is 9.93. The molecule has 1 aliphatic carbocycles. The van der Waals surface area contributed by atoms with Gasteiger partial charge >= 0.3 is 0 Å². The second-order valence-corrected chi connectivity index (χ2v) is 6.30. The Morgan fingerprint density at radius 1 is 1.32 bits per heavy atom. The molecule has 2 atom stereocenters. The van der Waals surface area contributed by atoms with E-state index in [4.69, 9.17) is 0 Å². The van der Waals surface area contributed by atoms with E-state index < -0.39 is 0 Å². The van der Waals surface area contributed by atoms with Gasteiger partial charge in [0.05, 0.1) is 0 Å². The van der Waals surface area contributed by atoms with Crippen LogP contribution in [0, 0.1) is 11.7 Å². The van der Waals surface area contributed by atoms with Gasteiger partial charge in [0, 0.05) is 18.4 Å². The monoisotopic (exact) mass is 326 g/mol. The Bertz CT molecular complexity index is 505. The zero-order valence-electron chi connectivity index (χ0n) is 12.7. The Labute approximate surface area is 137 Å². The average Bonchev–Trinajstić information content (AvgIpc) is 3.25. The van der Waals surface area contributed by atoms with E-state index in [1.54, 1.807) is 12.1 Å². The number of piperidine rings is 1. The molecule has 1 heterocycles. The van der Waals surface area contributed by atoms with E-state index >= 15 is 0 Å². The van der Waals surface area contributed by atoms with Gasteiger partial charge in [0.15, 0.2) is 0 Å². The maximum atomic E-state index is 13.2. The number of nitrogens with one attached hydrogen (secondary N) is 2. The summed E-state index contributed by atoms with van der Waals surface area (Å²) in [5, 5.41) is 6.43. The van der Waals surface area contributed by atoms with Crippen LogP contribution in [-0.4, -0.2) is 25.0 Å². The largest absolute Gasteiger partial charge is 0.353 e. The van der Waals surface area contributed by atoms with E-state index in [9.17, 15) is 9.18 Å². The zero-order chi connectivity index (χ0) is 14.7. The molecule has 0 bridgehead atoms. The van der Waals surface area contributed by atoms with Crippen LogP contribution in [0.4, 0.5) is 4.39 Å². The Kier molecular flexibility index (Phi) is 6.21. The first-order chi connectivity index (χ1) is 10.2. The molecule has 0 aromatic heterocycles. The summed E-state index contributed by atoms with van der Waals surface area (Å²) < 4.78 is 13.2. The maximum absolute atomic E-state index is 13.2. The van der Waals surface area contributed by atoms with Gasteiger partial charge in [-0.1, -0.05) is 12.1 Å². The molecule has 1 saturated carbocycles. The lowest BCUT2D eigenvalue weighted by Crippen LogP contribution is -2.30. The highest BCUT2D eigenvalue weighted by molar-refractivity contribution is 5.85. The van der Waals surface area contributed by atoms with E-state index in [1.807, 2.05) is 6.07 Å². The van der Waals surface area contributed by atoms with Crippen LogP contribution in [-0.2, 0) is 4.79 Å². The summed E-state index contributed by atoms with van der Waals surface area (Å²) >= 11 is 0. The van der Waals surface area contributed by atoms with Crippen molar-refractivity contribution < 1.29 is 9.18 Å². The molecule has 1 amide bonds. The molecule has 2 aliphatic rings. The molecule has 3 nitrogen and oxygen atoms in total. The molecular formula is C17H24ClFN2O. The minimum atomic E-state index is -0.199. The Morgan fingerprint density at radius 2 is 2.09 bits per heavy atom. The summed E-state index contributed by atoms with van der Waals surface area (Å²) in [6.07, 6.45) is 4.91. The van der Waals surface area contributed by atoms with Crippen molar-refractivity contribution in [2.45, 2.75) is 44.1 Å². The molecule has 2 unspecified atom stereocenters. The summed E-state index contributed by atoms with van der Waals surface area (Å²) in [5.74, 6) is 0.937. The predicted molar refractivity (Wildman–Crippen MR) is 87.8 cm³/mol. The molecule has 1 saturated heterocycles. The fourth-order valence-corrected chi connectivity index (χ4v) is 3.24. The summed E-state index contributed by atoms with van der Waals surface area (Å²) in [4.78, 5) is 12.0. The first-order valence-electron chi connectivity index (χ1n) is 7.98. The highest BCUT2D eigenvalue weighted by atomic mass is 35.5. The van der Waals surface area contributed by atoms with Crippen molar-refractivity contribution in [3.8, 4) is 0 Å². The predicted octanol–water partition coefficient (Wildman–Crippen LogP) is 3.00. The topological polar surface area (TPSA) is 41.1 Å². The van der Waals surface area contributed by atoms with Gasteiger partial charge in [0.25, 0.3) is 0 Å². The fraction of sp³-hybridized carbons (Fsp3) is 0.588. The smallest absolute Gasteiger partial charge is 0.220 e. The molecule has 1 aromatic carbocycles. The second kappa shape index (κ2) is 7.93. The molecule has 2 fully saturated rings. The highest BCUT2D eigenvalue weighted by Crippen LogP contribution is 2.40. The summed E-state index contributed by atoms with van der Waals surface area (Å²) in [5.41, 5.74) is 0.999. The van der Waals surface area contributed by atoms with Crippen molar-refractivity contribution in [2.75, 3.05) is 13.1 Å². The zero-order valence-corrected chi connectivity index (χ0v) is 13.5. The number of carbonyl (C=O) groups is 1. The number of halogens is 2. The standard InChI is InChI=1S/C17H23FN2O.ClH/c18-14-3-1-2-13(10-14)15-11-16(15)20-17(21)5-4-12-6-8-19-9-7-12;/h1-3,10,12,15-16,19H,4-9,11H2,(H,20,21);1H. The van der Waals surface area contributed by atoms with Crippen molar-refractivity contribution in [2.24, 2.45) is 5.92 Å². The van der Waals surface area contributed by atoms with Gasteiger partial charge in [0.1, 0.15) is 5.82 Å². The third kappa shape index (κ3) is 4.68. The SMILES string of the molecule is Cl.O=C(CCC1CCNCC1)NC1CC1c1cccc(F)c1. The van der Waals surface area contributed by atoms with Crippen LogP contribution in [0.15, 0.2) is 24.3 Å². The van der Waals surface area contributed by atoms with Gasteiger partial charge < -0.3 is 10.6 Å². The third-order valence-corrected chi connectivity index (χ3v) is 4.65. The van der Waals surface area contributed by atoms with Crippen LogP contribution >= 0.6 is 12.4 Å². The number of hydrogen-bond acceptors (Lipinski definition) is 2. The molecule has 122 valence electrons. The van der Waals surface area contributed by atoms with Gasteiger partial charge in [-0.2, -0.15) is 0 Å². The number of carbonyl (C=O) groups excluding carboxylic acids is 1. The van der Waals surface area contributed by atoms with E-state index in [0.29, 0.717) is 18.3 Å². The Morgan fingerprint density at radius 3 is 2.82 bits per heavy atom. The van der Waals surface area contributed by atoms with E-state index in [1.165, 1.54) is 18.9 Å². The number of hydrogen-bond donors (Lipinski definition) is 2. The van der Waals surface area contributed by atoms with Crippen LogP contribution < -0.4 is 10.6 Å². The van der Waals surface area contributed by atoms with Crippen molar-refractivity contribution in [3.63, 3.8) is 0 Å². The first-order valence-corrected chi connectivity index (χ1v) is 7.98. The fourth-order valence-electron chi connectivity index (χ4n) is 3.24. The normalized spacial score (nSPS) is 24.4. The lowest BCUT2D eigenvalue weighted by Gasteiger charge is -2.22. The van der Waals surface area contributed by atoms with Crippen LogP contribution in [0.1, 0.15) is 43.6 Å². The van der Waals surface area contributed by atoms with Gasteiger partial charge in [-0.05, 0) is 62.4 Å². The number of benzene rings is 1. The summed E-state index contributed by atoms with van der Waals surface area (Å²) in [6.45, 7) is 2.16.